The van der Waals surface area contributed by atoms with Crippen molar-refractivity contribution < 1.29 is 9.26 Å². The number of nitrogens with zero attached hydrogens (tertiary/aromatic N) is 2. The first-order chi connectivity index (χ1) is 7.45. The van der Waals surface area contributed by atoms with Crippen molar-refractivity contribution in [2.24, 2.45) is 0 Å². The van der Waals surface area contributed by atoms with E-state index in [1.807, 2.05) is 0 Å². The SMILES string of the molecule is c1nc(CCNC2CCCOCC2)no1. The third kappa shape index (κ3) is 3.60. The summed E-state index contributed by atoms with van der Waals surface area (Å²) in [7, 11) is 0. The zero-order valence-electron chi connectivity index (χ0n) is 8.82. The maximum Gasteiger partial charge on any atom is 0.213 e. The summed E-state index contributed by atoms with van der Waals surface area (Å²) in [5.74, 6) is 0.771. The minimum atomic E-state index is 0.583. The summed E-state index contributed by atoms with van der Waals surface area (Å²) in [6.45, 7) is 2.69. The van der Waals surface area contributed by atoms with Gasteiger partial charge in [-0.3, -0.25) is 0 Å². The van der Waals surface area contributed by atoms with Crippen LogP contribution in [-0.2, 0) is 11.2 Å². The lowest BCUT2D eigenvalue weighted by Gasteiger charge is -2.14. The smallest absolute Gasteiger partial charge is 0.213 e. The monoisotopic (exact) mass is 211 g/mol. The Hall–Kier alpha value is -0.940. The van der Waals surface area contributed by atoms with Crippen molar-refractivity contribution in [2.75, 3.05) is 19.8 Å². The Morgan fingerprint density at radius 3 is 3.27 bits per heavy atom. The fourth-order valence-electron chi connectivity index (χ4n) is 1.80. The summed E-state index contributed by atoms with van der Waals surface area (Å²) in [4.78, 5) is 3.97. The van der Waals surface area contributed by atoms with E-state index >= 15 is 0 Å². The molecule has 1 aliphatic rings. The standard InChI is InChI=1S/C10H17N3O2/c1-2-9(4-7-14-6-1)11-5-3-10-12-8-15-13-10/h8-9,11H,1-7H2. The van der Waals surface area contributed by atoms with Crippen molar-refractivity contribution in [3.05, 3.63) is 12.2 Å². The molecule has 1 N–H and O–H groups in total. The summed E-state index contributed by atoms with van der Waals surface area (Å²) in [5.41, 5.74) is 0. The van der Waals surface area contributed by atoms with E-state index in [2.05, 4.69) is 20.0 Å². The van der Waals surface area contributed by atoms with Crippen molar-refractivity contribution in [3.63, 3.8) is 0 Å². The van der Waals surface area contributed by atoms with Gasteiger partial charge in [-0.05, 0) is 19.3 Å². The molecule has 1 atom stereocenters. The number of aromatic nitrogens is 2. The Morgan fingerprint density at radius 2 is 2.40 bits per heavy atom. The molecule has 1 unspecified atom stereocenters. The molecule has 2 rings (SSSR count). The lowest BCUT2D eigenvalue weighted by molar-refractivity contribution is 0.142. The molecule has 1 aliphatic heterocycles. The Morgan fingerprint density at radius 1 is 1.40 bits per heavy atom. The molecule has 0 saturated carbocycles. The van der Waals surface area contributed by atoms with E-state index in [4.69, 9.17) is 4.74 Å². The van der Waals surface area contributed by atoms with Crippen LogP contribution in [0.3, 0.4) is 0 Å². The molecule has 0 spiro atoms. The Labute approximate surface area is 89.2 Å². The zero-order chi connectivity index (χ0) is 10.3. The number of rotatable bonds is 4. The van der Waals surface area contributed by atoms with Gasteiger partial charge in [0.25, 0.3) is 0 Å². The summed E-state index contributed by atoms with van der Waals surface area (Å²) in [5, 5.41) is 7.26. The molecule has 1 aromatic heterocycles. The molecule has 15 heavy (non-hydrogen) atoms. The van der Waals surface area contributed by atoms with E-state index in [1.165, 1.54) is 12.8 Å². The molecule has 0 aromatic carbocycles. The third-order valence-electron chi connectivity index (χ3n) is 2.64. The Bertz CT molecular complexity index is 256. The van der Waals surface area contributed by atoms with Gasteiger partial charge in [0.2, 0.25) is 6.39 Å². The van der Waals surface area contributed by atoms with Crippen LogP contribution in [0.2, 0.25) is 0 Å². The molecule has 1 aromatic rings. The molecule has 0 amide bonds. The maximum absolute atomic E-state index is 5.40. The van der Waals surface area contributed by atoms with Gasteiger partial charge in [-0.15, -0.1) is 0 Å². The van der Waals surface area contributed by atoms with E-state index in [9.17, 15) is 0 Å². The van der Waals surface area contributed by atoms with Crippen LogP contribution in [0.5, 0.6) is 0 Å². The lowest BCUT2D eigenvalue weighted by atomic mass is 10.1. The van der Waals surface area contributed by atoms with Crippen molar-refractivity contribution in [3.8, 4) is 0 Å². The maximum atomic E-state index is 5.40. The summed E-state index contributed by atoms with van der Waals surface area (Å²) in [6.07, 6.45) is 5.65. The van der Waals surface area contributed by atoms with Crippen molar-refractivity contribution >= 4 is 0 Å². The molecule has 0 bridgehead atoms. The van der Waals surface area contributed by atoms with Crippen LogP contribution < -0.4 is 5.32 Å². The molecule has 0 radical (unpaired) electrons. The highest BCUT2D eigenvalue weighted by atomic mass is 16.5. The zero-order valence-corrected chi connectivity index (χ0v) is 8.82. The van der Waals surface area contributed by atoms with Gasteiger partial charge in [0, 0.05) is 32.2 Å². The fraction of sp³-hybridized carbons (Fsp3) is 0.800. The van der Waals surface area contributed by atoms with Crippen LogP contribution in [0.15, 0.2) is 10.9 Å². The van der Waals surface area contributed by atoms with Crippen molar-refractivity contribution in [2.45, 2.75) is 31.7 Å². The highest BCUT2D eigenvalue weighted by Gasteiger charge is 2.11. The number of ether oxygens (including phenoxy) is 1. The first-order valence-electron chi connectivity index (χ1n) is 5.51. The van der Waals surface area contributed by atoms with Gasteiger partial charge in [-0.25, -0.2) is 0 Å². The number of hydrogen-bond donors (Lipinski definition) is 1. The van der Waals surface area contributed by atoms with Crippen molar-refractivity contribution in [1.29, 1.82) is 0 Å². The van der Waals surface area contributed by atoms with Crippen LogP contribution in [0, 0.1) is 0 Å². The predicted octanol–water partition coefficient (Wildman–Crippen LogP) is 0.771. The second-order valence-corrected chi connectivity index (χ2v) is 3.79. The molecule has 0 aliphatic carbocycles. The number of hydrogen-bond acceptors (Lipinski definition) is 5. The van der Waals surface area contributed by atoms with Gasteiger partial charge in [-0.1, -0.05) is 5.16 Å². The highest BCUT2D eigenvalue weighted by molar-refractivity contribution is 4.80. The normalized spacial score (nSPS) is 22.5. The second-order valence-electron chi connectivity index (χ2n) is 3.79. The summed E-state index contributed by atoms with van der Waals surface area (Å²) >= 11 is 0. The van der Waals surface area contributed by atoms with E-state index in [1.54, 1.807) is 0 Å². The Balaban J connectivity index is 1.64. The first kappa shape index (κ1) is 10.6. The van der Waals surface area contributed by atoms with Crippen LogP contribution in [0.1, 0.15) is 25.1 Å². The van der Waals surface area contributed by atoms with Crippen LogP contribution in [0.4, 0.5) is 0 Å². The molecule has 5 nitrogen and oxygen atoms in total. The molecule has 1 saturated heterocycles. The van der Waals surface area contributed by atoms with Crippen LogP contribution in [-0.4, -0.2) is 35.9 Å². The van der Waals surface area contributed by atoms with Gasteiger partial charge in [0.05, 0.1) is 0 Å². The highest BCUT2D eigenvalue weighted by Crippen LogP contribution is 2.07. The number of nitrogens with one attached hydrogen (secondary N) is 1. The van der Waals surface area contributed by atoms with E-state index in [0.29, 0.717) is 6.04 Å². The second kappa shape index (κ2) is 5.82. The van der Waals surface area contributed by atoms with Gasteiger partial charge in [0.1, 0.15) is 0 Å². The molecular weight excluding hydrogens is 194 g/mol. The van der Waals surface area contributed by atoms with Crippen molar-refractivity contribution in [1.82, 2.24) is 15.5 Å². The molecule has 2 heterocycles. The topological polar surface area (TPSA) is 60.2 Å². The van der Waals surface area contributed by atoms with Gasteiger partial charge < -0.3 is 14.6 Å². The molecule has 1 fully saturated rings. The largest absolute Gasteiger partial charge is 0.381 e. The van der Waals surface area contributed by atoms with Crippen LogP contribution in [0.25, 0.3) is 0 Å². The fourth-order valence-corrected chi connectivity index (χ4v) is 1.80. The van der Waals surface area contributed by atoms with Crippen LogP contribution >= 0.6 is 0 Å². The minimum absolute atomic E-state index is 0.583. The summed E-state index contributed by atoms with van der Waals surface area (Å²) < 4.78 is 10.1. The van der Waals surface area contributed by atoms with E-state index in [-0.39, 0.29) is 0 Å². The third-order valence-corrected chi connectivity index (χ3v) is 2.64. The molecule has 5 heteroatoms. The average Bonchev–Trinajstić information content (AvgIpc) is 2.62. The first-order valence-corrected chi connectivity index (χ1v) is 5.51. The quantitative estimate of drug-likeness (QED) is 0.797. The minimum Gasteiger partial charge on any atom is -0.381 e. The average molecular weight is 211 g/mol. The molecule has 84 valence electrons. The van der Waals surface area contributed by atoms with Gasteiger partial charge in [0.15, 0.2) is 5.82 Å². The Kier molecular flexibility index (Phi) is 4.11. The van der Waals surface area contributed by atoms with Gasteiger partial charge in [-0.2, -0.15) is 4.98 Å². The van der Waals surface area contributed by atoms with E-state index in [0.717, 1.165) is 44.8 Å². The van der Waals surface area contributed by atoms with Gasteiger partial charge >= 0.3 is 0 Å². The lowest BCUT2D eigenvalue weighted by Crippen LogP contribution is -2.31. The van der Waals surface area contributed by atoms with E-state index < -0.39 is 0 Å². The predicted molar refractivity (Wildman–Crippen MR) is 54.5 cm³/mol. The molecular formula is C10H17N3O2. The summed E-state index contributed by atoms with van der Waals surface area (Å²) in [6, 6.07) is 0.583.